The Morgan fingerprint density at radius 1 is 1.22 bits per heavy atom. The molecule has 1 rings (SSSR count). The topological polar surface area (TPSA) is 84.5 Å². The van der Waals surface area contributed by atoms with Crippen molar-refractivity contribution in [1.82, 2.24) is 0 Å². The second kappa shape index (κ2) is 5.72. The normalized spacial score (nSPS) is 12.6. The molecule has 1 aromatic carbocycles. The minimum Gasteiger partial charge on any atom is -0.442 e. The standard InChI is InChI=1S/C11H16N2O4S/c1-8(17-9(2)14)12-10-4-6-11(7-5-10)13-18(3,15)16/h4-8,12-13H,1-3H3. The first-order valence-corrected chi connectivity index (χ1v) is 7.17. The second-order valence-corrected chi connectivity index (χ2v) is 5.60. The van der Waals surface area contributed by atoms with Crippen LogP contribution in [0.4, 0.5) is 11.4 Å². The van der Waals surface area contributed by atoms with E-state index in [-0.39, 0.29) is 5.97 Å². The molecule has 1 atom stereocenters. The van der Waals surface area contributed by atoms with Gasteiger partial charge in [-0.15, -0.1) is 0 Å². The summed E-state index contributed by atoms with van der Waals surface area (Å²) >= 11 is 0. The van der Waals surface area contributed by atoms with Gasteiger partial charge in [0.1, 0.15) is 0 Å². The largest absolute Gasteiger partial charge is 0.442 e. The highest BCUT2D eigenvalue weighted by Crippen LogP contribution is 2.15. The van der Waals surface area contributed by atoms with E-state index in [1.807, 2.05) is 0 Å². The number of sulfonamides is 1. The number of carbonyl (C=O) groups excluding carboxylic acids is 1. The summed E-state index contributed by atoms with van der Waals surface area (Å²) in [6.07, 6.45) is 0.637. The van der Waals surface area contributed by atoms with E-state index in [0.717, 1.165) is 11.9 Å². The molecule has 0 radical (unpaired) electrons. The van der Waals surface area contributed by atoms with Gasteiger partial charge in [-0.2, -0.15) is 0 Å². The van der Waals surface area contributed by atoms with Gasteiger partial charge in [0.25, 0.3) is 0 Å². The first-order valence-electron chi connectivity index (χ1n) is 5.28. The zero-order valence-corrected chi connectivity index (χ0v) is 11.2. The molecule has 0 aliphatic carbocycles. The number of ether oxygens (including phenoxy) is 1. The molecule has 1 unspecified atom stereocenters. The zero-order valence-electron chi connectivity index (χ0n) is 10.4. The highest BCUT2D eigenvalue weighted by atomic mass is 32.2. The van der Waals surface area contributed by atoms with Gasteiger partial charge in [-0.05, 0) is 31.2 Å². The summed E-state index contributed by atoms with van der Waals surface area (Å²) in [6, 6.07) is 6.61. The van der Waals surface area contributed by atoms with Crippen molar-refractivity contribution in [3.05, 3.63) is 24.3 Å². The van der Waals surface area contributed by atoms with Gasteiger partial charge in [0.15, 0.2) is 6.23 Å². The quantitative estimate of drug-likeness (QED) is 0.625. The molecule has 0 heterocycles. The average Bonchev–Trinajstić information content (AvgIpc) is 2.17. The number of anilines is 2. The summed E-state index contributed by atoms with van der Waals surface area (Å²) in [5.74, 6) is -0.370. The van der Waals surface area contributed by atoms with Crippen LogP contribution < -0.4 is 10.0 Å². The summed E-state index contributed by atoms with van der Waals surface area (Å²) in [5.41, 5.74) is 1.20. The molecule has 0 aromatic heterocycles. The van der Waals surface area contributed by atoms with Crippen LogP contribution in [0.2, 0.25) is 0 Å². The van der Waals surface area contributed by atoms with Crippen LogP contribution >= 0.6 is 0 Å². The molecule has 0 saturated heterocycles. The fourth-order valence-corrected chi connectivity index (χ4v) is 1.93. The van der Waals surface area contributed by atoms with Crippen LogP contribution in [0.25, 0.3) is 0 Å². The first-order chi connectivity index (χ1) is 8.26. The number of hydrogen-bond acceptors (Lipinski definition) is 5. The van der Waals surface area contributed by atoms with Crippen LogP contribution in [0.1, 0.15) is 13.8 Å². The Balaban J connectivity index is 2.63. The lowest BCUT2D eigenvalue weighted by Gasteiger charge is -2.15. The summed E-state index contributed by atoms with van der Waals surface area (Å²) < 4.78 is 29.3. The Hall–Kier alpha value is -1.76. The molecule has 6 nitrogen and oxygen atoms in total. The van der Waals surface area contributed by atoms with Crippen molar-refractivity contribution in [2.75, 3.05) is 16.3 Å². The number of carbonyl (C=O) groups is 1. The Morgan fingerprint density at radius 2 is 1.72 bits per heavy atom. The first kappa shape index (κ1) is 14.3. The van der Waals surface area contributed by atoms with Crippen LogP contribution in [0.15, 0.2) is 24.3 Å². The second-order valence-electron chi connectivity index (χ2n) is 3.85. The fraction of sp³-hybridized carbons (Fsp3) is 0.364. The van der Waals surface area contributed by atoms with Crippen molar-refractivity contribution in [2.24, 2.45) is 0 Å². The zero-order chi connectivity index (χ0) is 13.8. The maximum absolute atomic E-state index is 11.0. The lowest BCUT2D eigenvalue weighted by atomic mass is 10.3. The van der Waals surface area contributed by atoms with E-state index in [0.29, 0.717) is 5.69 Å². The molecule has 2 N–H and O–H groups in total. The molecule has 0 saturated carbocycles. The third-order valence-electron chi connectivity index (χ3n) is 1.90. The Kier molecular flexibility index (Phi) is 4.55. The number of hydrogen-bond donors (Lipinski definition) is 2. The van der Waals surface area contributed by atoms with Crippen molar-refractivity contribution >= 4 is 27.4 Å². The van der Waals surface area contributed by atoms with Crippen LogP contribution in [0.5, 0.6) is 0 Å². The molecule has 18 heavy (non-hydrogen) atoms. The summed E-state index contributed by atoms with van der Waals surface area (Å²) in [4.78, 5) is 10.7. The monoisotopic (exact) mass is 272 g/mol. The molecular formula is C11H16N2O4S. The summed E-state index contributed by atoms with van der Waals surface area (Å²) in [7, 11) is -3.27. The molecule has 0 aliphatic heterocycles. The number of nitrogens with one attached hydrogen (secondary N) is 2. The number of rotatable bonds is 5. The van der Waals surface area contributed by atoms with Crippen molar-refractivity contribution < 1.29 is 17.9 Å². The Morgan fingerprint density at radius 3 is 2.17 bits per heavy atom. The summed E-state index contributed by atoms with van der Waals surface area (Å²) in [5, 5.41) is 2.94. The van der Waals surface area contributed by atoms with Crippen molar-refractivity contribution in [3.63, 3.8) is 0 Å². The minimum atomic E-state index is -3.27. The highest BCUT2D eigenvalue weighted by Gasteiger charge is 2.05. The van der Waals surface area contributed by atoms with Crippen LogP contribution in [0.3, 0.4) is 0 Å². The van der Waals surface area contributed by atoms with E-state index in [4.69, 9.17) is 4.74 Å². The van der Waals surface area contributed by atoms with Gasteiger partial charge in [-0.25, -0.2) is 8.42 Å². The maximum Gasteiger partial charge on any atom is 0.304 e. The fourth-order valence-electron chi connectivity index (χ4n) is 1.36. The third-order valence-corrected chi connectivity index (χ3v) is 2.51. The summed E-state index contributed by atoms with van der Waals surface area (Å²) in [6.45, 7) is 3.03. The van der Waals surface area contributed by atoms with Gasteiger partial charge in [-0.3, -0.25) is 9.52 Å². The lowest BCUT2D eigenvalue weighted by molar-refractivity contribution is -0.144. The van der Waals surface area contributed by atoms with Crippen molar-refractivity contribution in [2.45, 2.75) is 20.1 Å². The molecule has 0 bridgehead atoms. The molecule has 0 aliphatic rings. The van der Waals surface area contributed by atoms with Gasteiger partial charge in [0, 0.05) is 18.3 Å². The van der Waals surface area contributed by atoms with Crippen molar-refractivity contribution in [1.29, 1.82) is 0 Å². The molecule has 100 valence electrons. The highest BCUT2D eigenvalue weighted by molar-refractivity contribution is 7.92. The Bertz CT molecular complexity index is 510. The SMILES string of the molecule is CC(=O)OC(C)Nc1ccc(NS(C)(=O)=O)cc1. The Labute approximate surface area is 106 Å². The molecular weight excluding hydrogens is 256 g/mol. The van der Waals surface area contributed by atoms with Gasteiger partial charge in [-0.1, -0.05) is 0 Å². The van der Waals surface area contributed by atoms with Gasteiger partial charge in [0.2, 0.25) is 10.0 Å². The maximum atomic E-state index is 11.0. The van der Waals surface area contributed by atoms with E-state index in [9.17, 15) is 13.2 Å². The molecule has 1 aromatic rings. The minimum absolute atomic E-state index is 0.370. The number of benzene rings is 1. The predicted octanol–water partition coefficient (Wildman–Crippen LogP) is 1.38. The van der Waals surface area contributed by atoms with Gasteiger partial charge in [0.05, 0.1) is 6.26 Å². The average molecular weight is 272 g/mol. The van der Waals surface area contributed by atoms with Crippen molar-refractivity contribution in [3.8, 4) is 0 Å². The van der Waals surface area contributed by atoms with Gasteiger partial charge >= 0.3 is 5.97 Å². The predicted molar refractivity (Wildman–Crippen MR) is 69.8 cm³/mol. The molecule has 0 amide bonds. The van der Waals surface area contributed by atoms with E-state index in [1.54, 1.807) is 31.2 Å². The van der Waals surface area contributed by atoms with Gasteiger partial charge < -0.3 is 10.1 Å². The van der Waals surface area contributed by atoms with E-state index >= 15 is 0 Å². The molecule has 0 fully saturated rings. The van der Waals surface area contributed by atoms with Crippen LogP contribution in [0, 0.1) is 0 Å². The van der Waals surface area contributed by atoms with E-state index in [1.165, 1.54) is 6.92 Å². The lowest BCUT2D eigenvalue weighted by Crippen LogP contribution is -2.21. The van der Waals surface area contributed by atoms with Crippen LogP contribution in [-0.4, -0.2) is 26.9 Å². The van der Waals surface area contributed by atoms with Crippen LogP contribution in [-0.2, 0) is 19.6 Å². The smallest absolute Gasteiger partial charge is 0.304 e. The van der Waals surface area contributed by atoms with E-state index < -0.39 is 16.3 Å². The molecule has 7 heteroatoms. The molecule has 0 spiro atoms. The number of esters is 1. The third kappa shape index (κ3) is 5.53. The van der Waals surface area contributed by atoms with E-state index in [2.05, 4.69) is 10.0 Å².